The van der Waals surface area contributed by atoms with E-state index in [2.05, 4.69) is 12.0 Å². The fourth-order valence-corrected chi connectivity index (χ4v) is 2.00. The molecule has 2 rings (SSSR count). The van der Waals surface area contributed by atoms with Crippen LogP contribution in [0.25, 0.3) is 11.3 Å². The normalized spacial score (nSPS) is 10.5. The number of carbonyl (C=O) groups is 1. The molecule has 1 heterocycles. The minimum Gasteiger partial charge on any atom is -0.298 e. The molecule has 0 N–H and O–H groups in total. The molecule has 0 saturated heterocycles. The number of hydrogen-bond acceptors (Lipinski definition) is 2. The van der Waals surface area contributed by atoms with Crippen molar-refractivity contribution in [3.8, 4) is 11.3 Å². The third kappa shape index (κ3) is 2.28. The summed E-state index contributed by atoms with van der Waals surface area (Å²) in [6, 6.07) is 7.76. The second-order valence-corrected chi connectivity index (χ2v) is 4.13. The van der Waals surface area contributed by atoms with Crippen molar-refractivity contribution in [2.45, 2.75) is 26.8 Å². The third-order valence-corrected chi connectivity index (χ3v) is 2.81. The standard InChI is InChI=1S/C14H16N2O/c1-3-8-16-14(6-7-15-16)13-5-4-12(10-17)9-11(13)2/h4-7,9-10H,3,8H2,1-2H3. The predicted octanol–water partition coefficient (Wildman–Crippen LogP) is 3.08. The SMILES string of the molecule is CCCn1nccc1-c1ccc(C=O)cc1C. The zero-order valence-electron chi connectivity index (χ0n) is 10.2. The highest BCUT2D eigenvalue weighted by Gasteiger charge is 2.07. The highest BCUT2D eigenvalue weighted by atomic mass is 16.1. The van der Waals surface area contributed by atoms with Gasteiger partial charge in [-0.1, -0.05) is 19.1 Å². The molecule has 0 bridgehead atoms. The van der Waals surface area contributed by atoms with Crippen LogP contribution in [0.15, 0.2) is 30.5 Å². The van der Waals surface area contributed by atoms with Gasteiger partial charge < -0.3 is 0 Å². The molecule has 0 aliphatic heterocycles. The van der Waals surface area contributed by atoms with Crippen molar-refractivity contribution in [3.05, 3.63) is 41.6 Å². The lowest BCUT2D eigenvalue weighted by Gasteiger charge is -2.09. The van der Waals surface area contributed by atoms with Crippen molar-refractivity contribution in [2.75, 3.05) is 0 Å². The Morgan fingerprint density at radius 1 is 1.35 bits per heavy atom. The van der Waals surface area contributed by atoms with Gasteiger partial charge in [-0.15, -0.1) is 0 Å². The van der Waals surface area contributed by atoms with E-state index in [0.717, 1.165) is 36.1 Å². The lowest BCUT2D eigenvalue weighted by Crippen LogP contribution is -2.02. The number of benzene rings is 1. The van der Waals surface area contributed by atoms with Crippen LogP contribution < -0.4 is 0 Å². The molecular formula is C14H16N2O. The van der Waals surface area contributed by atoms with Gasteiger partial charge in [0.2, 0.25) is 0 Å². The van der Waals surface area contributed by atoms with E-state index in [1.807, 2.05) is 42.1 Å². The van der Waals surface area contributed by atoms with Crippen LogP contribution in [0.1, 0.15) is 29.3 Å². The van der Waals surface area contributed by atoms with Gasteiger partial charge >= 0.3 is 0 Å². The van der Waals surface area contributed by atoms with Gasteiger partial charge in [-0.2, -0.15) is 5.10 Å². The zero-order chi connectivity index (χ0) is 12.3. The first-order valence-corrected chi connectivity index (χ1v) is 5.84. The Morgan fingerprint density at radius 3 is 2.82 bits per heavy atom. The number of nitrogens with zero attached hydrogens (tertiary/aromatic N) is 2. The molecule has 17 heavy (non-hydrogen) atoms. The molecule has 0 fully saturated rings. The molecule has 0 radical (unpaired) electrons. The summed E-state index contributed by atoms with van der Waals surface area (Å²) in [5, 5.41) is 4.31. The molecule has 0 spiro atoms. The molecule has 0 aliphatic carbocycles. The Balaban J connectivity index is 2.45. The summed E-state index contributed by atoms with van der Waals surface area (Å²) in [4.78, 5) is 10.7. The molecule has 0 amide bonds. The number of carbonyl (C=O) groups excluding carboxylic acids is 1. The molecule has 3 heteroatoms. The Hall–Kier alpha value is -1.90. The Morgan fingerprint density at radius 2 is 2.18 bits per heavy atom. The first-order chi connectivity index (χ1) is 8.26. The summed E-state index contributed by atoms with van der Waals surface area (Å²) >= 11 is 0. The van der Waals surface area contributed by atoms with Crippen LogP contribution in [-0.4, -0.2) is 16.1 Å². The molecule has 3 nitrogen and oxygen atoms in total. The van der Waals surface area contributed by atoms with E-state index in [9.17, 15) is 4.79 Å². The first kappa shape index (κ1) is 11.6. The second kappa shape index (κ2) is 4.95. The molecule has 1 aromatic carbocycles. The van der Waals surface area contributed by atoms with E-state index in [0.29, 0.717) is 5.56 Å². The highest BCUT2D eigenvalue weighted by molar-refractivity contribution is 5.78. The number of aldehydes is 1. The monoisotopic (exact) mass is 228 g/mol. The largest absolute Gasteiger partial charge is 0.298 e. The molecule has 88 valence electrons. The smallest absolute Gasteiger partial charge is 0.150 e. The molecule has 0 atom stereocenters. The van der Waals surface area contributed by atoms with Crippen molar-refractivity contribution < 1.29 is 4.79 Å². The summed E-state index contributed by atoms with van der Waals surface area (Å²) in [6.45, 7) is 5.07. The Labute approximate surface area is 101 Å². The third-order valence-electron chi connectivity index (χ3n) is 2.81. The van der Waals surface area contributed by atoms with Crippen molar-refractivity contribution in [2.24, 2.45) is 0 Å². The van der Waals surface area contributed by atoms with Crippen LogP contribution in [0.3, 0.4) is 0 Å². The topological polar surface area (TPSA) is 34.9 Å². The fraction of sp³-hybridized carbons (Fsp3) is 0.286. The number of hydrogen-bond donors (Lipinski definition) is 0. The van der Waals surface area contributed by atoms with Crippen molar-refractivity contribution in [1.82, 2.24) is 9.78 Å². The van der Waals surface area contributed by atoms with Gasteiger partial charge in [0, 0.05) is 23.9 Å². The average Bonchev–Trinajstić information content (AvgIpc) is 2.77. The van der Waals surface area contributed by atoms with E-state index in [4.69, 9.17) is 0 Å². The van der Waals surface area contributed by atoms with E-state index in [1.54, 1.807) is 0 Å². The maximum absolute atomic E-state index is 10.7. The van der Waals surface area contributed by atoms with E-state index in [1.165, 1.54) is 0 Å². The van der Waals surface area contributed by atoms with E-state index < -0.39 is 0 Å². The van der Waals surface area contributed by atoms with Crippen molar-refractivity contribution in [1.29, 1.82) is 0 Å². The first-order valence-electron chi connectivity index (χ1n) is 5.84. The van der Waals surface area contributed by atoms with Gasteiger partial charge in [-0.25, -0.2) is 0 Å². The van der Waals surface area contributed by atoms with Crippen LogP contribution in [0.5, 0.6) is 0 Å². The van der Waals surface area contributed by atoms with Crippen LogP contribution in [0.4, 0.5) is 0 Å². The summed E-state index contributed by atoms with van der Waals surface area (Å²) < 4.78 is 2.00. The molecule has 0 unspecified atom stereocenters. The van der Waals surface area contributed by atoms with E-state index >= 15 is 0 Å². The van der Waals surface area contributed by atoms with Crippen molar-refractivity contribution in [3.63, 3.8) is 0 Å². The predicted molar refractivity (Wildman–Crippen MR) is 68.1 cm³/mol. The Kier molecular flexibility index (Phi) is 3.38. The summed E-state index contributed by atoms with van der Waals surface area (Å²) in [5.74, 6) is 0. The maximum Gasteiger partial charge on any atom is 0.150 e. The number of rotatable bonds is 4. The minimum atomic E-state index is 0.716. The lowest BCUT2D eigenvalue weighted by atomic mass is 10.0. The molecular weight excluding hydrogens is 212 g/mol. The second-order valence-electron chi connectivity index (χ2n) is 4.13. The maximum atomic E-state index is 10.7. The van der Waals surface area contributed by atoms with Crippen molar-refractivity contribution >= 4 is 6.29 Å². The van der Waals surface area contributed by atoms with Gasteiger partial charge in [0.05, 0.1) is 5.69 Å². The lowest BCUT2D eigenvalue weighted by molar-refractivity contribution is 0.112. The van der Waals surface area contributed by atoms with Gasteiger partial charge in [-0.05, 0) is 31.0 Å². The highest BCUT2D eigenvalue weighted by Crippen LogP contribution is 2.23. The fourth-order valence-electron chi connectivity index (χ4n) is 2.00. The molecule has 2 aromatic rings. The molecule has 0 aliphatic rings. The number of aromatic nitrogens is 2. The van der Waals surface area contributed by atoms with E-state index in [-0.39, 0.29) is 0 Å². The quantitative estimate of drug-likeness (QED) is 0.754. The number of aryl methyl sites for hydroxylation is 2. The van der Waals surface area contributed by atoms with Gasteiger partial charge in [0.15, 0.2) is 0 Å². The van der Waals surface area contributed by atoms with Crippen LogP contribution in [-0.2, 0) is 6.54 Å². The Bertz CT molecular complexity index is 529. The molecule has 1 aromatic heterocycles. The van der Waals surface area contributed by atoms with Gasteiger partial charge in [0.25, 0.3) is 0 Å². The van der Waals surface area contributed by atoms with Gasteiger partial charge in [-0.3, -0.25) is 9.48 Å². The van der Waals surface area contributed by atoms with Crippen LogP contribution >= 0.6 is 0 Å². The van der Waals surface area contributed by atoms with Crippen LogP contribution in [0, 0.1) is 6.92 Å². The summed E-state index contributed by atoms with van der Waals surface area (Å²) in [5.41, 5.74) is 4.07. The van der Waals surface area contributed by atoms with Crippen LogP contribution in [0.2, 0.25) is 0 Å². The van der Waals surface area contributed by atoms with Gasteiger partial charge in [0.1, 0.15) is 6.29 Å². The average molecular weight is 228 g/mol. The minimum absolute atomic E-state index is 0.716. The molecule has 0 saturated carbocycles. The zero-order valence-corrected chi connectivity index (χ0v) is 10.2. The summed E-state index contributed by atoms with van der Waals surface area (Å²) in [6.07, 6.45) is 3.75. The summed E-state index contributed by atoms with van der Waals surface area (Å²) in [7, 11) is 0.